The van der Waals surface area contributed by atoms with Crippen LogP contribution in [0, 0.1) is 11.6 Å². The first-order chi connectivity index (χ1) is 14.2. The van der Waals surface area contributed by atoms with Crippen LogP contribution in [0.4, 0.5) is 32.4 Å². The van der Waals surface area contributed by atoms with Crippen molar-refractivity contribution in [3.63, 3.8) is 0 Å². The molecule has 162 valence electrons. The molecule has 9 heteroatoms. The molecule has 30 heavy (non-hydrogen) atoms. The number of hydrogen-bond acceptors (Lipinski definition) is 2. The summed E-state index contributed by atoms with van der Waals surface area (Å²) in [7, 11) is 0. The Hall–Kier alpha value is -2.68. The van der Waals surface area contributed by atoms with Crippen molar-refractivity contribution in [3.05, 3.63) is 65.2 Å². The van der Waals surface area contributed by atoms with Crippen LogP contribution < -0.4 is 10.6 Å². The van der Waals surface area contributed by atoms with Crippen molar-refractivity contribution in [2.45, 2.75) is 50.6 Å². The maximum Gasteiger partial charge on any atom is 0.416 e. The zero-order valence-electron chi connectivity index (χ0n) is 15.9. The van der Waals surface area contributed by atoms with Gasteiger partial charge >= 0.3 is 12.2 Å². The van der Waals surface area contributed by atoms with Gasteiger partial charge in [-0.2, -0.15) is 13.2 Å². The highest BCUT2D eigenvalue weighted by molar-refractivity contribution is 5.89. The molecule has 1 aliphatic carbocycles. The van der Waals surface area contributed by atoms with Crippen LogP contribution in [0.1, 0.15) is 36.8 Å². The number of carbonyl (C=O) groups excluding carboxylic acids is 1. The molecule has 0 spiro atoms. The molecule has 2 N–H and O–H groups in total. The number of nitrogens with one attached hydrogen (secondary N) is 2. The number of benzene rings is 2. The number of halogens is 5. The highest BCUT2D eigenvalue weighted by Gasteiger charge is 2.30. The van der Waals surface area contributed by atoms with Gasteiger partial charge in [0.15, 0.2) is 0 Å². The zero-order chi connectivity index (χ0) is 21.7. The minimum absolute atomic E-state index is 0.103. The second kappa shape index (κ2) is 9.42. The number of carbonyl (C=O) groups is 1. The van der Waals surface area contributed by atoms with Gasteiger partial charge in [-0.25, -0.2) is 13.6 Å². The SMILES string of the molecule is O=C(Nc1ccc(C(F)(F)F)cc1)N[C@H]1CC[C@H](OCc2c(F)cccc2F)CC1. The van der Waals surface area contributed by atoms with E-state index in [9.17, 15) is 26.7 Å². The lowest BCUT2D eigenvalue weighted by Gasteiger charge is -2.29. The Morgan fingerprint density at radius 2 is 1.57 bits per heavy atom. The number of hydrogen-bond donors (Lipinski definition) is 2. The van der Waals surface area contributed by atoms with Crippen LogP contribution >= 0.6 is 0 Å². The van der Waals surface area contributed by atoms with Gasteiger partial charge in [0.25, 0.3) is 0 Å². The van der Waals surface area contributed by atoms with E-state index in [0.717, 1.165) is 12.1 Å². The summed E-state index contributed by atoms with van der Waals surface area (Å²) in [6.07, 6.45) is -2.14. The van der Waals surface area contributed by atoms with Crippen molar-refractivity contribution in [2.24, 2.45) is 0 Å². The minimum atomic E-state index is -4.43. The number of amides is 2. The van der Waals surface area contributed by atoms with Gasteiger partial charge < -0.3 is 15.4 Å². The highest BCUT2D eigenvalue weighted by Crippen LogP contribution is 2.30. The standard InChI is InChI=1S/C21H21F5N2O2/c22-18-2-1-3-19(23)17(18)12-30-16-10-8-15(9-11-16)28-20(29)27-14-6-4-13(5-7-14)21(24,25)26/h1-7,15-16H,8-12H2,(H2,27,28,29)/t15-,16-. The number of ether oxygens (including phenoxy) is 1. The molecule has 1 fully saturated rings. The third-order valence-corrected chi connectivity index (χ3v) is 5.00. The van der Waals surface area contributed by atoms with E-state index < -0.39 is 29.4 Å². The van der Waals surface area contributed by atoms with E-state index in [4.69, 9.17) is 4.74 Å². The summed E-state index contributed by atoms with van der Waals surface area (Å²) in [6.45, 7) is -0.157. The molecule has 0 saturated heterocycles. The number of alkyl halides is 3. The van der Waals surface area contributed by atoms with Crippen LogP contribution in [-0.4, -0.2) is 18.2 Å². The van der Waals surface area contributed by atoms with E-state index in [2.05, 4.69) is 10.6 Å². The molecule has 2 aromatic carbocycles. The van der Waals surface area contributed by atoms with Crippen LogP contribution in [0.2, 0.25) is 0 Å². The normalized spacial score (nSPS) is 19.4. The Kier molecular flexibility index (Phi) is 6.91. The lowest BCUT2D eigenvalue weighted by atomic mass is 9.93. The molecule has 0 aromatic heterocycles. The molecule has 4 nitrogen and oxygen atoms in total. The molecule has 0 bridgehead atoms. The molecule has 2 amide bonds. The van der Waals surface area contributed by atoms with E-state index in [1.54, 1.807) is 0 Å². The lowest BCUT2D eigenvalue weighted by Crippen LogP contribution is -2.41. The van der Waals surface area contributed by atoms with E-state index in [-0.39, 0.29) is 30.0 Å². The average Bonchev–Trinajstić information content (AvgIpc) is 2.68. The maximum absolute atomic E-state index is 13.6. The van der Waals surface area contributed by atoms with E-state index in [0.29, 0.717) is 25.7 Å². The second-order valence-corrected chi connectivity index (χ2v) is 7.16. The first kappa shape index (κ1) is 22.0. The summed E-state index contributed by atoms with van der Waals surface area (Å²) in [5, 5.41) is 5.28. The maximum atomic E-state index is 13.6. The summed E-state index contributed by atoms with van der Waals surface area (Å²) in [6, 6.07) is 7.20. The van der Waals surface area contributed by atoms with Gasteiger partial charge in [0.2, 0.25) is 0 Å². The van der Waals surface area contributed by atoms with Gasteiger partial charge in [-0.15, -0.1) is 0 Å². The molecule has 0 unspecified atom stereocenters. The minimum Gasteiger partial charge on any atom is -0.373 e. The summed E-state index contributed by atoms with van der Waals surface area (Å²) >= 11 is 0. The molecule has 0 atom stereocenters. The molecule has 0 heterocycles. The summed E-state index contributed by atoms with van der Waals surface area (Å²) in [5.74, 6) is -1.30. The van der Waals surface area contributed by atoms with Crippen LogP contribution in [0.25, 0.3) is 0 Å². The average molecular weight is 428 g/mol. The Labute approximate surface area is 170 Å². The first-order valence-corrected chi connectivity index (χ1v) is 9.51. The van der Waals surface area contributed by atoms with Gasteiger partial charge in [-0.3, -0.25) is 0 Å². The smallest absolute Gasteiger partial charge is 0.373 e. The van der Waals surface area contributed by atoms with Crippen molar-refractivity contribution < 1.29 is 31.5 Å². The molecule has 3 rings (SSSR count). The van der Waals surface area contributed by atoms with Crippen LogP contribution in [0.3, 0.4) is 0 Å². The number of rotatable bonds is 5. The molecular formula is C21H21F5N2O2. The summed E-state index contributed by atoms with van der Waals surface area (Å²) < 4.78 is 70.6. The monoisotopic (exact) mass is 428 g/mol. The predicted molar refractivity (Wildman–Crippen MR) is 101 cm³/mol. The molecule has 1 saturated carbocycles. The van der Waals surface area contributed by atoms with Crippen molar-refractivity contribution in [3.8, 4) is 0 Å². The Morgan fingerprint density at radius 1 is 0.967 bits per heavy atom. The van der Waals surface area contributed by atoms with Crippen molar-refractivity contribution >= 4 is 11.7 Å². The fourth-order valence-electron chi connectivity index (χ4n) is 3.34. The Bertz CT molecular complexity index is 842. The number of anilines is 1. The van der Waals surface area contributed by atoms with Crippen molar-refractivity contribution in [1.82, 2.24) is 5.32 Å². The fraction of sp³-hybridized carbons (Fsp3) is 0.381. The predicted octanol–water partition coefficient (Wildman–Crippen LogP) is 5.63. The van der Waals surface area contributed by atoms with Gasteiger partial charge in [-0.1, -0.05) is 6.07 Å². The third-order valence-electron chi connectivity index (χ3n) is 5.00. The fourth-order valence-corrected chi connectivity index (χ4v) is 3.34. The molecule has 0 radical (unpaired) electrons. The lowest BCUT2D eigenvalue weighted by molar-refractivity contribution is -0.137. The topological polar surface area (TPSA) is 50.4 Å². The van der Waals surface area contributed by atoms with Crippen LogP contribution in [-0.2, 0) is 17.5 Å². The summed E-state index contributed by atoms with van der Waals surface area (Å²) in [4.78, 5) is 12.1. The van der Waals surface area contributed by atoms with E-state index in [1.807, 2.05) is 0 Å². The number of urea groups is 1. The van der Waals surface area contributed by atoms with Crippen LogP contribution in [0.15, 0.2) is 42.5 Å². The first-order valence-electron chi connectivity index (χ1n) is 9.51. The van der Waals surface area contributed by atoms with Crippen LogP contribution in [0.5, 0.6) is 0 Å². The molecule has 1 aliphatic rings. The Balaban J connectivity index is 1.41. The van der Waals surface area contributed by atoms with Gasteiger partial charge in [0.1, 0.15) is 11.6 Å². The van der Waals surface area contributed by atoms with E-state index in [1.165, 1.54) is 30.3 Å². The second-order valence-electron chi connectivity index (χ2n) is 7.16. The van der Waals surface area contributed by atoms with Gasteiger partial charge in [-0.05, 0) is 62.1 Å². The van der Waals surface area contributed by atoms with Gasteiger partial charge in [0.05, 0.1) is 18.3 Å². The molecule has 0 aliphatic heterocycles. The largest absolute Gasteiger partial charge is 0.416 e. The molecular weight excluding hydrogens is 407 g/mol. The van der Waals surface area contributed by atoms with Gasteiger partial charge in [0, 0.05) is 17.3 Å². The van der Waals surface area contributed by atoms with E-state index >= 15 is 0 Å². The quantitative estimate of drug-likeness (QED) is 0.606. The van der Waals surface area contributed by atoms with Crippen molar-refractivity contribution in [2.75, 3.05) is 5.32 Å². The van der Waals surface area contributed by atoms with Crippen molar-refractivity contribution in [1.29, 1.82) is 0 Å². The molecule has 2 aromatic rings. The summed E-state index contributed by atoms with van der Waals surface area (Å²) in [5.41, 5.74) is -0.639. The third kappa shape index (κ3) is 5.91. The highest BCUT2D eigenvalue weighted by atomic mass is 19.4. The zero-order valence-corrected chi connectivity index (χ0v) is 15.9. The Morgan fingerprint density at radius 3 is 2.13 bits per heavy atom.